The first-order valence-electron chi connectivity index (χ1n) is 4.49. The van der Waals surface area contributed by atoms with Crippen molar-refractivity contribution in [2.75, 3.05) is 11.9 Å². The van der Waals surface area contributed by atoms with E-state index in [4.69, 9.17) is 5.26 Å². The molecule has 74 valence electrons. The lowest BCUT2D eigenvalue weighted by molar-refractivity contribution is 0.758. The lowest BCUT2D eigenvalue weighted by Crippen LogP contribution is -2.06. The van der Waals surface area contributed by atoms with Gasteiger partial charge in [-0.1, -0.05) is 6.08 Å². The second-order valence-electron chi connectivity index (χ2n) is 3.05. The molecule has 0 spiro atoms. The van der Waals surface area contributed by atoms with Crippen LogP contribution < -0.4 is 5.32 Å². The van der Waals surface area contributed by atoms with Gasteiger partial charge in [0, 0.05) is 13.6 Å². The Balaban J connectivity index is 2.84. The summed E-state index contributed by atoms with van der Waals surface area (Å²) in [5.74, 6) is 0.784. The highest BCUT2D eigenvalue weighted by atomic mass is 15.3. The van der Waals surface area contributed by atoms with Crippen molar-refractivity contribution in [2.45, 2.75) is 13.3 Å². The zero-order valence-electron chi connectivity index (χ0n) is 8.54. The first kappa shape index (κ1) is 10.3. The van der Waals surface area contributed by atoms with Crippen LogP contribution in [0.3, 0.4) is 0 Å². The smallest absolute Gasteiger partial charge is 0.142 e. The topological polar surface area (TPSA) is 53.6 Å². The molecule has 0 aliphatic rings. The molecule has 0 aliphatic heterocycles. The van der Waals surface area contributed by atoms with E-state index in [1.54, 1.807) is 4.68 Å². The summed E-state index contributed by atoms with van der Waals surface area (Å²) >= 11 is 0. The van der Waals surface area contributed by atoms with Crippen LogP contribution in [0.5, 0.6) is 0 Å². The Hall–Kier alpha value is -1.76. The number of aromatic nitrogens is 2. The highest BCUT2D eigenvalue weighted by Crippen LogP contribution is 2.16. The number of aryl methyl sites for hydroxylation is 2. The van der Waals surface area contributed by atoms with Crippen LogP contribution in [0, 0.1) is 18.3 Å². The van der Waals surface area contributed by atoms with Crippen LogP contribution in [0.1, 0.15) is 17.7 Å². The first-order chi connectivity index (χ1) is 6.70. The van der Waals surface area contributed by atoms with Gasteiger partial charge in [-0.2, -0.15) is 10.4 Å². The molecule has 0 amide bonds. The summed E-state index contributed by atoms with van der Waals surface area (Å²) in [6.45, 7) is 6.24. The Kier molecular flexibility index (Phi) is 3.29. The fraction of sp³-hybridized carbons (Fsp3) is 0.400. The van der Waals surface area contributed by atoms with Crippen LogP contribution in [0.2, 0.25) is 0 Å². The van der Waals surface area contributed by atoms with E-state index in [1.165, 1.54) is 0 Å². The molecule has 0 bridgehead atoms. The van der Waals surface area contributed by atoms with Gasteiger partial charge in [0.15, 0.2) is 0 Å². The van der Waals surface area contributed by atoms with Gasteiger partial charge in [-0.3, -0.25) is 4.68 Å². The molecule has 4 heteroatoms. The molecule has 1 N–H and O–H groups in total. The maximum absolute atomic E-state index is 8.91. The van der Waals surface area contributed by atoms with E-state index in [9.17, 15) is 0 Å². The van der Waals surface area contributed by atoms with E-state index >= 15 is 0 Å². The van der Waals surface area contributed by atoms with Crippen LogP contribution in [0.25, 0.3) is 0 Å². The summed E-state index contributed by atoms with van der Waals surface area (Å²) in [5, 5.41) is 16.2. The summed E-state index contributed by atoms with van der Waals surface area (Å²) in [6.07, 6.45) is 2.71. The zero-order valence-corrected chi connectivity index (χ0v) is 8.54. The summed E-state index contributed by atoms with van der Waals surface area (Å²) in [6, 6.07) is 2.14. The Bertz CT molecular complexity index is 370. The second-order valence-corrected chi connectivity index (χ2v) is 3.05. The van der Waals surface area contributed by atoms with E-state index in [2.05, 4.69) is 23.1 Å². The van der Waals surface area contributed by atoms with Crippen molar-refractivity contribution >= 4 is 5.82 Å². The SMILES string of the molecule is C=CCCNc1c(C#N)c(C)nn1C. The molecular weight excluding hydrogens is 176 g/mol. The zero-order chi connectivity index (χ0) is 10.6. The standard InChI is InChI=1S/C10H14N4/c1-4-5-6-12-10-9(7-11)8(2)13-14(10)3/h4,12H,1,5-6H2,2-3H3. The van der Waals surface area contributed by atoms with Crippen molar-refractivity contribution in [1.82, 2.24) is 9.78 Å². The average Bonchev–Trinajstić information content (AvgIpc) is 2.42. The normalized spacial score (nSPS) is 9.50. The van der Waals surface area contributed by atoms with Crippen molar-refractivity contribution in [3.8, 4) is 6.07 Å². The summed E-state index contributed by atoms with van der Waals surface area (Å²) < 4.78 is 1.69. The third kappa shape index (κ3) is 1.94. The Morgan fingerprint density at radius 1 is 1.71 bits per heavy atom. The van der Waals surface area contributed by atoms with E-state index < -0.39 is 0 Å². The van der Waals surface area contributed by atoms with Crippen LogP contribution in [0.15, 0.2) is 12.7 Å². The van der Waals surface area contributed by atoms with E-state index in [0.717, 1.165) is 24.5 Å². The largest absolute Gasteiger partial charge is 0.369 e. The van der Waals surface area contributed by atoms with Gasteiger partial charge >= 0.3 is 0 Å². The Labute approximate surface area is 83.8 Å². The highest BCUT2D eigenvalue weighted by Gasteiger charge is 2.11. The summed E-state index contributed by atoms with van der Waals surface area (Å²) in [4.78, 5) is 0. The fourth-order valence-corrected chi connectivity index (χ4v) is 1.29. The van der Waals surface area contributed by atoms with E-state index in [1.807, 2.05) is 20.0 Å². The maximum Gasteiger partial charge on any atom is 0.142 e. The van der Waals surface area contributed by atoms with Crippen molar-refractivity contribution in [2.24, 2.45) is 7.05 Å². The molecule has 0 aromatic carbocycles. The van der Waals surface area contributed by atoms with Crippen molar-refractivity contribution in [3.63, 3.8) is 0 Å². The number of nitrogens with one attached hydrogen (secondary N) is 1. The van der Waals surface area contributed by atoms with Gasteiger partial charge in [-0.05, 0) is 13.3 Å². The molecule has 4 nitrogen and oxygen atoms in total. The minimum Gasteiger partial charge on any atom is -0.369 e. The van der Waals surface area contributed by atoms with E-state index in [-0.39, 0.29) is 0 Å². The number of nitrogens with zero attached hydrogens (tertiary/aromatic N) is 3. The van der Waals surface area contributed by atoms with Crippen LogP contribution in [0.4, 0.5) is 5.82 Å². The highest BCUT2D eigenvalue weighted by molar-refractivity contribution is 5.54. The quantitative estimate of drug-likeness (QED) is 0.579. The van der Waals surface area contributed by atoms with Crippen LogP contribution >= 0.6 is 0 Å². The lowest BCUT2D eigenvalue weighted by atomic mass is 10.2. The average molecular weight is 190 g/mol. The van der Waals surface area contributed by atoms with Gasteiger partial charge < -0.3 is 5.32 Å². The molecular formula is C10H14N4. The van der Waals surface area contributed by atoms with Crippen molar-refractivity contribution in [1.29, 1.82) is 5.26 Å². The predicted octanol–water partition coefficient (Wildman–Crippen LogP) is 1.59. The molecule has 1 aromatic rings. The minimum atomic E-state index is 0.622. The monoisotopic (exact) mass is 190 g/mol. The third-order valence-electron chi connectivity index (χ3n) is 1.97. The molecule has 0 atom stereocenters. The number of rotatable bonds is 4. The molecule has 0 saturated carbocycles. The summed E-state index contributed by atoms with van der Waals surface area (Å²) in [7, 11) is 1.82. The van der Waals surface area contributed by atoms with Gasteiger partial charge in [-0.25, -0.2) is 0 Å². The van der Waals surface area contributed by atoms with Crippen molar-refractivity contribution in [3.05, 3.63) is 23.9 Å². The Morgan fingerprint density at radius 3 is 3.00 bits per heavy atom. The van der Waals surface area contributed by atoms with Gasteiger partial charge in [-0.15, -0.1) is 6.58 Å². The van der Waals surface area contributed by atoms with Crippen LogP contribution in [-0.2, 0) is 7.05 Å². The van der Waals surface area contributed by atoms with E-state index in [0.29, 0.717) is 5.56 Å². The fourth-order valence-electron chi connectivity index (χ4n) is 1.29. The second kappa shape index (κ2) is 4.47. The molecule has 14 heavy (non-hydrogen) atoms. The molecule has 0 radical (unpaired) electrons. The third-order valence-corrected chi connectivity index (χ3v) is 1.97. The van der Waals surface area contributed by atoms with Gasteiger partial charge in [0.2, 0.25) is 0 Å². The number of anilines is 1. The van der Waals surface area contributed by atoms with Crippen LogP contribution in [-0.4, -0.2) is 16.3 Å². The summed E-state index contributed by atoms with van der Waals surface area (Å²) in [5.41, 5.74) is 1.38. The van der Waals surface area contributed by atoms with Crippen molar-refractivity contribution < 1.29 is 0 Å². The number of hydrogen-bond donors (Lipinski definition) is 1. The molecule has 0 fully saturated rings. The predicted molar refractivity (Wildman–Crippen MR) is 56.0 cm³/mol. The first-order valence-corrected chi connectivity index (χ1v) is 4.49. The molecule has 1 rings (SSSR count). The minimum absolute atomic E-state index is 0.622. The molecule has 0 aliphatic carbocycles. The van der Waals surface area contributed by atoms with Gasteiger partial charge in [0.1, 0.15) is 17.5 Å². The molecule has 0 unspecified atom stereocenters. The number of nitriles is 1. The number of hydrogen-bond acceptors (Lipinski definition) is 3. The Morgan fingerprint density at radius 2 is 2.43 bits per heavy atom. The maximum atomic E-state index is 8.91. The molecule has 0 saturated heterocycles. The molecule has 1 aromatic heterocycles. The van der Waals surface area contributed by atoms with Gasteiger partial charge in [0.25, 0.3) is 0 Å². The lowest BCUT2D eigenvalue weighted by Gasteiger charge is -2.04. The van der Waals surface area contributed by atoms with Gasteiger partial charge in [0.05, 0.1) is 5.69 Å². The molecule has 1 heterocycles.